The lowest BCUT2D eigenvalue weighted by Gasteiger charge is -2.34. The summed E-state index contributed by atoms with van der Waals surface area (Å²) >= 11 is 0. The van der Waals surface area contributed by atoms with Crippen molar-refractivity contribution in [3.05, 3.63) is 69.8 Å². The highest BCUT2D eigenvalue weighted by Crippen LogP contribution is 2.32. The van der Waals surface area contributed by atoms with Gasteiger partial charge < -0.3 is 9.47 Å². The van der Waals surface area contributed by atoms with Crippen LogP contribution in [0.2, 0.25) is 0 Å². The Morgan fingerprint density at radius 1 is 1.11 bits per heavy atom. The number of aromatic nitrogens is 2. The fourth-order valence-electron chi connectivity index (χ4n) is 4.50. The molecule has 1 saturated heterocycles. The molecule has 1 aliphatic rings. The number of fused-ring (bicyclic) bond motifs is 1. The van der Waals surface area contributed by atoms with Crippen LogP contribution < -0.4 is 10.3 Å². The molecule has 9 nitrogen and oxygen atoms in total. The van der Waals surface area contributed by atoms with Gasteiger partial charge in [-0.3, -0.25) is 9.20 Å². The quantitative estimate of drug-likeness (QED) is 0.480. The maximum absolute atomic E-state index is 13.4. The first-order valence-corrected chi connectivity index (χ1v) is 12.9. The highest BCUT2D eigenvalue weighted by Gasteiger charge is 2.34. The molecule has 0 saturated carbocycles. The molecule has 0 N–H and O–H groups in total. The normalized spacial score (nSPS) is 19.0. The van der Waals surface area contributed by atoms with E-state index in [2.05, 4.69) is 4.98 Å². The van der Waals surface area contributed by atoms with Crippen molar-refractivity contribution < 1.29 is 22.7 Å². The smallest absolute Gasteiger partial charge is 0.338 e. The molecule has 0 unspecified atom stereocenters. The molecule has 1 aliphatic heterocycles. The number of carbonyl (C=O) groups is 1. The number of piperidine rings is 1. The number of nitrogens with zero attached hydrogens (tertiary/aromatic N) is 3. The summed E-state index contributed by atoms with van der Waals surface area (Å²) in [7, 11) is -2.50. The van der Waals surface area contributed by atoms with Gasteiger partial charge in [0.1, 0.15) is 22.9 Å². The minimum Gasteiger partial charge on any atom is -0.495 e. The molecule has 35 heavy (non-hydrogen) atoms. The van der Waals surface area contributed by atoms with Gasteiger partial charge >= 0.3 is 5.97 Å². The van der Waals surface area contributed by atoms with Crippen LogP contribution in [0, 0.1) is 18.8 Å². The van der Waals surface area contributed by atoms with E-state index in [1.165, 1.54) is 40.1 Å². The number of carbonyl (C=O) groups excluding carboxylic acids is 1. The van der Waals surface area contributed by atoms with Gasteiger partial charge in [0.2, 0.25) is 10.0 Å². The van der Waals surface area contributed by atoms with Gasteiger partial charge in [-0.05, 0) is 55.0 Å². The molecular weight excluding hydrogens is 470 g/mol. The lowest BCUT2D eigenvalue weighted by Crippen LogP contribution is -2.42. The van der Waals surface area contributed by atoms with Crippen LogP contribution in [0.5, 0.6) is 5.75 Å². The molecule has 1 fully saturated rings. The Balaban J connectivity index is 1.57. The summed E-state index contributed by atoms with van der Waals surface area (Å²) in [6.45, 7) is 6.51. The maximum atomic E-state index is 13.4. The zero-order chi connectivity index (χ0) is 25.3. The van der Waals surface area contributed by atoms with Gasteiger partial charge in [0.05, 0.1) is 18.4 Å². The van der Waals surface area contributed by atoms with Gasteiger partial charge in [0.25, 0.3) is 5.56 Å². The van der Waals surface area contributed by atoms with Crippen molar-refractivity contribution in [1.29, 1.82) is 0 Å². The SMILES string of the molecule is COc1ccc(C(=O)OCc2cc(=O)n3cc(C)ccc3n2)cc1S(=O)(=O)N1C[C@H](C)C[C@@H](C)C1. The van der Waals surface area contributed by atoms with Gasteiger partial charge in [0.15, 0.2) is 0 Å². The predicted molar refractivity (Wildman–Crippen MR) is 130 cm³/mol. The number of methoxy groups -OCH3 is 1. The number of benzene rings is 1. The Labute approximate surface area is 204 Å². The summed E-state index contributed by atoms with van der Waals surface area (Å²) in [5, 5.41) is 0. The summed E-state index contributed by atoms with van der Waals surface area (Å²) in [4.78, 5) is 29.5. The zero-order valence-corrected chi connectivity index (χ0v) is 21.0. The van der Waals surface area contributed by atoms with Crippen molar-refractivity contribution in [1.82, 2.24) is 13.7 Å². The van der Waals surface area contributed by atoms with E-state index >= 15 is 0 Å². The van der Waals surface area contributed by atoms with Crippen molar-refractivity contribution in [2.45, 2.75) is 38.7 Å². The standard InChI is InChI=1S/C25H29N3O6S/c1-16-5-8-23-26-20(11-24(29)28(23)14-16)15-34-25(30)19-6-7-21(33-4)22(10-19)35(31,32)27-12-17(2)9-18(3)13-27/h5-8,10-11,14,17-18H,9,12-13,15H2,1-4H3/t17-,18-/m1/s1. The highest BCUT2D eigenvalue weighted by molar-refractivity contribution is 7.89. The minimum atomic E-state index is -3.88. The maximum Gasteiger partial charge on any atom is 0.338 e. The zero-order valence-electron chi connectivity index (χ0n) is 20.2. The lowest BCUT2D eigenvalue weighted by molar-refractivity contribution is 0.0467. The number of rotatable bonds is 6. The van der Waals surface area contributed by atoms with Crippen molar-refractivity contribution in [3.8, 4) is 5.75 Å². The van der Waals surface area contributed by atoms with E-state index in [1.54, 1.807) is 12.3 Å². The molecule has 186 valence electrons. The number of esters is 1. The molecule has 10 heteroatoms. The number of sulfonamides is 1. The predicted octanol–water partition coefficient (Wildman–Crippen LogP) is 3.04. The van der Waals surface area contributed by atoms with Crippen molar-refractivity contribution in [3.63, 3.8) is 0 Å². The number of pyridine rings is 1. The molecule has 1 aromatic carbocycles. The Morgan fingerprint density at radius 3 is 2.51 bits per heavy atom. The fraction of sp³-hybridized carbons (Fsp3) is 0.400. The van der Waals surface area contributed by atoms with Gasteiger partial charge in [-0.1, -0.05) is 19.9 Å². The van der Waals surface area contributed by atoms with Crippen LogP contribution in [0.1, 0.15) is 41.9 Å². The highest BCUT2D eigenvalue weighted by atomic mass is 32.2. The van der Waals surface area contributed by atoms with Crippen LogP contribution in [0.25, 0.3) is 5.65 Å². The average molecular weight is 500 g/mol. The molecule has 4 rings (SSSR count). The van der Waals surface area contributed by atoms with Crippen LogP contribution in [0.3, 0.4) is 0 Å². The van der Waals surface area contributed by atoms with Crippen LogP contribution in [0.4, 0.5) is 0 Å². The first-order valence-electron chi connectivity index (χ1n) is 11.4. The Bertz CT molecular complexity index is 1420. The van der Waals surface area contributed by atoms with Crippen LogP contribution in [-0.4, -0.2) is 48.3 Å². The summed E-state index contributed by atoms with van der Waals surface area (Å²) in [6.07, 6.45) is 2.64. The molecule has 0 spiro atoms. The lowest BCUT2D eigenvalue weighted by atomic mass is 9.94. The number of hydrogen-bond acceptors (Lipinski definition) is 7. The Morgan fingerprint density at radius 2 is 1.83 bits per heavy atom. The van der Waals surface area contributed by atoms with Crippen LogP contribution in [-0.2, 0) is 21.4 Å². The molecule has 3 aromatic rings. The van der Waals surface area contributed by atoms with Crippen molar-refractivity contribution in [2.75, 3.05) is 20.2 Å². The van der Waals surface area contributed by atoms with Crippen LogP contribution >= 0.6 is 0 Å². The van der Waals surface area contributed by atoms with Gasteiger partial charge in [-0.25, -0.2) is 18.2 Å². The molecule has 0 radical (unpaired) electrons. The fourth-order valence-corrected chi connectivity index (χ4v) is 6.36. The third-order valence-electron chi connectivity index (χ3n) is 6.06. The van der Waals surface area contributed by atoms with E-state index in [0.717, 1.165) is 12.0 Å². The average Bonchev–Trinajstić information content (AvgIpc) is 2.82. The van der Waals surface area contributed by atoms with E-state index in [4.69, 9.17) is 9.47 Å². The second-order valence-corrected chi connectivity index (χ2v) is 11.1. The van der Waals surface area contributed by atoms with E-state index in [1.807, 2.05) is 26.8 Å². The number of aryl methyl sites for hydroxylation is 1. The second-order valence-electron chi connectivity index (χ2n) is 9.23. The van der Waals surface area contributed by atoms with Crippen molar-refractivity contribution >= 4 is 21.6 Å². The molecule has 0 aliphatic carbocycles. The monoisotopic (exact) mass is 499 g/mol. The van der Waals surface area contributed by atoms with E-state index in [9.17, 15) is 18.0 Å². The van der Waals surface area contributed by atoms with Crippen molar-refractivity contribution in [2.24, 2.45) is 11.8 Å². The summed E-state index contributed by atoms with van der Waals surface area (Å²) < 4.78 is 40.4. The third-order valence-corrected chi connectivity index (χ3v) is 7.92. The second kappa shape index (κ2) is 9.79. The van der Waals surface area contributed by atoms with Gasteiger partial charge in [-0.15, -0.1) is 0 Å². The van der Waals surface area contributed by atoms with E-state index in [0.29, 0.717) is 24.4 Å². The summed E-state index contributed by atoms with van der Waals surface area (Å²) in [6, 6.07) is 9.04. The Kier molecular flexibility index (Phi) is 6.95. The van der Waals surface area contributed by atoms with Gasteiger partial charge in [-0.2, -0.15) is 4.31 Å². The minimum absolute atomic E-state index is 0.0654. The summed E-state index contributed by atoms with van der Waals surface area (Å²) in [5.41, 5.74) is 1.43. The number of ether oxygens (including phenoxy) is 2. The molecule has 3 heterocycles. The molecule has 0 amide bonds. The Hall–Kier alpha value is -3.24. The topological polar surface area (TPSA) is 107 Å². The van der Waals surface area contributed by atoms with Gasteiger partial charge in [0, 0.05) is 25.4 Å². The largest absolute Gasteiger partial charge is 0.495 e. The molecule has 2 aromatic heterocycles. The molecular formula is C25H29N3O6S. The first-order chi connectivity index (χ1) is 16.6. The molecule has 0 bridgehead atoms. The first kappa shape index (κ1) is 24.9. The third kappa shape index (κ3) is 5.23. The van der Waals surface area contributed by atoms with E-state index in [-0.39, 0.29) is 40.2 Å². The summed E-state index contributed by atoms with van der Waals surface area (Å²) in [5.74, 6) is -0.104. The molecule has 2 atom stereocenters. The number of hydrogen-bond donors (Lipinski definition) is 0. The van der Waals surface area contributed by atoms with Crippen LogP contribution in [0.15, 0.2) is 52.3 Å². The van der Waals surface area contributed by atoms with E-state index < -0.39 is 16.0 Å².